The third-order valence-corrected chi connectivity index (χ3v) is 23.6. The number of aliphatic hydroxyl groups is 2. The number of ether oxygens (including phenoxy) is 6. The van der Waals surface area contributed by atoms with Gasteiger partial charge >= 0.3 is 0 Å². The summed E-state index contributed by atoms with van der Waals surface area (Å²) in [6.07, 6.45) is 10.3. The summed E-state index contributed by atoms with van der Waals surface area (Å²) in [5, 5.41) is 48.7. The highest BCUT2D eigenvalue weighted by molar-refractivity contribution is 9.10. The van der Waals surface area contributed by atoms with Crippen LogP contribution in [0.15, 0.2) is 123 Å². The number of aryl methyl sites for hydroxylation is 4. The van der Waals surface area contributed by atoms with Gasteiger partial charge in [-0.3, -0.25) is 24.0 Å². The van der Waals surface area contributed by atoms with Gasteiger partial charge in [-0.25, -0.2) is 42.3 Å². The number of rotatable bonds is 17. The van der Waals surface area contributed by atoms with Crippen LogP contribution in [0.25, 0.3) is 22.3 Å². The third kappa shape index (κ3) is 21.8. The lowest BCUT2D eigenvalue weighted by Crippen LogP contribution is -2.33. The Balaban J connectivity index is 0.000000135. The highest BCUT2D eigenvalue weighted by atomic mass is 79.9. The van der Waals surface area contributed by atoms with Crippen molar-refractivity contribution in [3.8, 4) is 39.9 Å². The molecule has 34 nitrogen and oxygen atoms in total. The van der Waals surface area contributed by atoms with Gasteiger partial charge in [-0.15, -0.1) is 0 Å². The third-order valence-electron chi connectivity index (χ3n) is 20.9. The lowest BCUT2D eigenvalue weighted by atomic mass is 10.1. The predicted molar refractivity (Wildman–Crippen MR) is 451 cm³/mol. The highest BCUT2D eigenvalue weighted by Gasteiger charge is 2.41. The fraction of sp³-hybridized carbons (Fsp3) is 0.474. The Hall–Kier alpha value is -9.39. The average molecular weight is 1900 g/mol. The average Bonchev–Trinajstić information content (AvgIpc) is 1.75. The van der Waals surface area contributed by atoms with Crippen LogP contribution >= 0.6 is 85.5 Å². The van der Waals surface area contributed by atoms with Crippen LogP contribution in [0.1, 0.15) is 99.4 Å². The van der Waals surface area contributed by atoms with Crippen LogP contribution < -0.4 is 61.6 Å². The van der Waals surface area contributed by atoms with Gasteiger partial charge in [0.25, 0.3) is 27.8 Å². The number of aromatic amines is 1. The van der Waals surface area contributed by atoms with E-state index >= 15 is 0 Å². The summed E-state index contributed by atoms with van der Waals surface area (Å²) in [6, 6.07) is 10.5. The molecule has 123 heavy (non-hydrogen) atoms. The second-order valence-electron chi connectivity index (χ2n) is 29.4. The molecule has 0 radical (unpaired) electrons. The zero-order chi connectivity index (χ0) is 87.4. The predicted octanol–water partition coefficient (Wildman–Crippen LogP) is 11.6. The zero-order valence-corrected chi connectivity index (χ0v) is 72.5. The van der Waals surface area contributed by atoms with Crippen LogP contribution in [0.3, 0.4) is 0 Å². The molecular formula is C78H84BrCl6F4N19O15. The topological polar surface area (TPSA) is 385 Å². The van der Waals surface area contributed by atoms with E-state index in [4.69, 9.17) is 112 Å². The number of aliphatic hydroxyl groups excluding tert-OH is 2. The molecule has 0 amide bonds. The first-order valence-electron chi connectivity index (χ1n) is 39.2. The van der Waals surface area contributed by atoms with Crippen molar-refractivity contribution in [1.82, 2.24) is 74.6 Å². The van der Waals surface area contributed by atoms with Gasteiger partial charge in [0, 0.05) is 78.8 Å². The summed E-state index contributed by atoms with van der Waals surface area (Å²) in [4.78, 5) is 79.5. The monoisotopic (exact) mass is 1890 g/mol. The van der Waals surface area contributed by atoms with Gasteiger partial charge in [-0.1, -0.05) is 95.8 Å². The molecule has 658 valence electrons. The Kier molecular flexibility index (Phi) is 30.9. The van der Waals surface area contributed by atoms with Crippen LogP contribution in [0, 0.1) is 27.7 Å². The van der Waals surface area contributed by atoms with E-state index in [0.717, 1.165) is 94.2 Å². The molecule has 7 aliphatic heterocycles. The minimum Gasteiger partial charge on any atom is -0.469 e. The van der Waals surface area contributed by atoms with Gasteiger partial charge < -0.3 is 67.3 Å². The summed E-state index contributed by atoms with van der Waals surface area (Å²) in [5.74, 6) is 2.25. The first kappa shape index (κ1) is 91.3. The van der Waals surface area contributed by atoms with E-state index in [2.05, 4.69) is 71.8 Å². The molecule has 0 bridgehead atoms. The molecule has 3 unspecified atom stereocenters. The number of β-amino-alcohol motifs (C(OH)–C–C–N with tert-alkyl or cyclic N) is 1. The molecule has 0 spiro atoms. The maximum atomic E-state index is 14.7. The number of alkyl halides is 4. The number of hydrogen-bond acceptors (Lipinski definition) is 29. The molecule has 3 N–H and O–H groups in total. The molecule has 11 atom stereocenters. The second-order valence-corrected chi connectivity index (χ2v) is 32.6. The van der Waals surface area contributed by atoms with Gasteiger partial charge in [0.1, 0.15) is 48.9 Å². The smallest absolute Gasteiger partial charge is 0.290 e. The first-order chi connectivity index (χ1) is 59.1. The van der Waals surface area contributed by atoms with Crippen molar-refractivity contribution in [3.05, 3.63) is 195 Å². The molecular weight excluding hydrogens is 1810 g/mol. The summed E-state index contributed by atoms with van der Waals surface area (Å²) < 4.78 is 107. The molecule has 17 heterocycles. The molecule has 0 aliphatic carbocycles. The Morgan fingerprint density at radius 3 is 1.27 bits per heavy atom. The number of aromatic nitrogens is 15. The summed E-state index contributed by atoms with van der Waals surface area (Å²) >= 11 is 39.4. The largest absolute Gasteiger partial charge is 0.469 e. The van der Waals surface area contributed by atoms with E-state index in [1.165, 1.54) is 49.9 Å². The number of nitrogens with one attached hydrogen (secondary N) is 1. The molecule has 7 saturated heterocycles. The van der Waals surface area contributed by atoms with Gasteiger partial charge in [-0.2, -0.15) is 39.5 Å². The van der Waals surface area contributed by atoms with E-state index in [-0.39, 0.29) is 108 Å². The van der Waals surface area contributed by atoms with Crippen molar-refractivity contribution in [1.29, 1.82) is 0 Å². The molecule has 7 aliphatic rings. The van der Waals surface area contributed by atoms with Crippen molar-refractivity contribution in [3.63, 3.8) is 0 Å². The van der Waals surface area contributed by atoms with E-state index in [0.29, 0.717) is 72.3 Å². The Morgan fingerprint density at radius 2 is 0.870 bits per heavy atom. The highest BCUT2D eigenvalue weighted by Crippen LogP contribution is 2.37. The summed E-state index contributed by atoms with van der Waals surface area (Å²) in [7, 11) is 0. The van der Waals surface area contributed by atoms with E-state index in [9.17, 15) is 46.6 Å². The molecule has 0 aromatic carbocycles. The van der Waals surface area contributed by atoms with Crippen LogP contribution in [-0.4, -0.2) is 213 Å². The van der Waals surface area contributed by atoms with Crippen LogP contribution in [0.5, 0.6) is 17.6 Å². The van der Waals surface area contributed by atoms with Crippen molar-refractivity contribution in [2.24, 2.45) is 0 Å². The van der Waals surface area contributed by atoms with Crippen LogP contribution in [0.4, 0.5) is 40.3 Å². The normalized spacial score (nSPS) is 22.5. The Labute approximate surface area is 736 Å². The van der Waals surface area contributed by atoms with Crippen LogP contribution in [0.2, 0.25) is 30.1 Å². The van der Waals surface area contributed by atoms with Gasteiger partial charge in [0.15, 0.2) is 55.5 Å². The standard InChI is InChI=1S/C20H21ClFN5O4.C18H19BrClFN4O3.C18H17ClFN5O3.C13H17ClFN3O3.C9H10Cl2N2O2/c1-11-18(12(2)31-25-11)13-3-4-23-17(7-13)30-16-10-26(9-14(16)22)15-8-24-27(5-6-28)20(29)19(15)21;19-11-4-5-22-15(7-11)28-14-10-24(9-12(14)21)13-8-23-25(18(26)17(13)20)16-3-1-2-6-27-16;1-9-16(10(2)28-24-9)11-3-4-21-15(5-11)27-14-8-25(7-12(14)20)13-6-22-23-18(26)17(13)19;14-12-9(17-6-8(15)10(19)7-17)5-16-18(13(12)20)11-3-1-2-4-21-11;10-6-5-12-13(9(14)8(6)11)7-3-1-2-4-15-7/h3-4,7-8,14,16,28H,5-6,9-10H2,1-2H3;4-5,7-8,12,14,16H,1-3,6,9-10H2;3-6,12,14H,7-8H2,1-2H3,(H,23,26);5,8,10-11,19H,1-4,6-7H2;5,7H,1-4H2/t14-,16-;12-,14-,16?;12-,14-;8-,10-,11?;/m0000./s1. The summed E-state index contributed by atoms with van der Waals surface area (Å²) in [6.45, 7) is 9.78. The zero-order valence-electron chi connectivity index (χ0n) is 66.4. The minimum absolute atomic E-state index is 0.000778. The minimum atomic E-state index is -1.34. The number of pyridine rings is 3. The number of anilines is 4. The van der Waals surface area contributed by atoms with E-state index in [1.807, 2.05) is 33.8 Å². The number of nitrogens with zero attached hydrogens (tertiary/aromatic N) is 18. The van der Waals surface area contributed by atoms with Crippen molar-refractivity contribution >= 4 is 108 Å². The van der Waals surface area contributed by atoms with Gasteiger partial charge in [-0.05, 0) is 115 Å². The lowest BCUT2D eigenvalue weighted by Gasteiger charge is -2.25. The SMILES string of the molecule is Cc1noc(C)c1-c1ccnc(O[C@H]2CN(c3cn[nH]c(=O)c3Cl)C[C@@H]2F)c1.Cc1noc(C)c1-c1ccnc(O[C@H]2CN(c3cnn(CCO)c(=O)c3Cl)C[C@@H]2F)c1.O=c1c(Cl)c(Cl)cnn1C1CCCCO1.O=c1c(Cl)c(N2C[C@H](O)[C@@H](F)C2)cnn1C1CCCCO1.O=c1c(Cl)c(N2C[C@H](Oc3cc(Br)ccn3)[C@@H](F)C2)cnn1C1CCCCO1. The molecule has 10 aromatic rings. The van der Waals surface area contributed by atoms with Gasteiger partial charge in [0.05, 0.1) is 129 Å². The van der Waals surface area contributed by atoms with Crippen molar-refractivity contribution < 1.29 is 65.2 Å². The molecule has 7 fully saturated rings. The van der Waals surface area contributed by atoms with E-state index < -0.39 is 89.4 Å². The fourth-order valence-corrected chi connectivity index (χ4v) is 16.2. The fourth-order valence-electron chi connectivity index (χ4n) is 14.7. The number of halogens is 11. The van der Waals surface area contributed by atoms with Crippen molar-refractivity contribution in [2.45, 2.75) is 160 Å². The Bertz CT molecular complexity index is 5600. The molecule has 10 aromatic heterocycles. The van der Waals surface area contributed by atoms with Gasteiger partial charge in [0.2, 0.25) is 17.6 Å². The Morgan fingerprint density at radius 1 is 0.480 bits per heavy atom. The van der Waals surface area contributed by atoms with E-state index in [1.54, 1.807) is 63.6 Å². The lowest BCUT2D eigenvalue weighted by molar-refractivity contribution is -0.0425. The van der Waals surface area contributed by atoms with Crippen LogP contribution in [-0.2, 0) is 20.8 Å². The molecule has 17 rings (SSSR count). The maximum absolute atomic E-state index is 14.7. The molecule has 0 saturated carbocycles. The molecule has 45 heteroatoms. The quantitative estimate of drug-likeness (QED) is 0.0713. The number of hydrogen-bond donors (Lipinski definition) is 3. The number of H-pyrrole nitrogens is 1. The first-order valence-corrected chi connectivity index (χ1v) is 42.2. The maximum Gasteiger partial charge on any atom is 0.290 e. The summed E-state index contributed by atoms with van der Waals surface area (Å²) in [5.41, 5.74) is 3.95. The van der Waals surface area contributed by atoms with Crippen molar-refractivity contribution in [2.75, 3.05) is 98.4 Å². The second kappa shape index (κ2) is 41.6.